The molecule has 1 aromatic carbocycles. The third-order valence-electron chi connectivity index (χ3n) is 5.10. The normalized spacial score (nSPS) is 26.6. The molecule has 4 amide bonds. The fourth-order valence-electron chi connectivity index (χ4n) is 3.71. The van der Waals surface area contributed by atoms with Crippen molar-refractivity contribution in [2.75, 3.05) is 11.9 Å². The smallest absolute Gasteiger partial charge is 0.325 e. The minimum Gasteiger partial charge on any atom is -0.325 e. The highest BCUT2D eigenvalue weighted by molar-refractivity contribution is 6.10. The lowest BCUT2D eigenvalue weighted by molar-refractivity contribution is -0.136. The quantitative estimate of drug-likeness (QED) is 0.836. The van der Waals surface area contributed by atoms with Crippen LogP contribution in [0.15, 0.2) is 24.3 Å². The summed E-state index contributed by atoms with van der Waals surface area (Å²) in [5, 5.41) is 5.60. The molecular weight excluding hydrogens is 306 g/mol. The van der Waals surface area contributed by atoms with Crippen molar-refractivity contribution in [1.82, 2.24) is 10.2 Å². The van der Waals surface area contributed by atoms with Crippen molar-refractivity contribution in [1.29, 1.82) is 0 Å². The SMILES string of the molecule is Cc1cccc(NC(=O)CN2C(=O)N[C@@]3(CCCC[C@H]3C)C2=O)c1. The molecule has 0 radical (unpaired) electrons. The number of imide groups is 1. The van der Waals surface area contributed by atoms with Crippen LogP contribution in [0, 0.1) is 12.8 Å². The zero-order chi connectivity index (χ0) is 17.3. The summed E-state index contributed by atoms with van der Waals surface area (Å²) in [7, 11) is 0. The minimum absolute atomic E-state index is 0.0903. The van der Waals surface area contributed by atoms with E-state index in [1.807, 2.05) is 32.0 Å². The van der Waals surface area contributed by atoms with Gasteiger partial charge in [-0.05, 0) is 43.4 Å². The topological polar surface area (TPSA) is 78.5 Å². The Labute approximate surface area is 141 Å². The Hall–Kier alpha value is -2.37. The molecule has 1 spiro atoms. The lowest BCUT2D eigenvalue weighted by Gasteiger charge is -2.36. The highest BCUT2D eigenvalue weighted by atomic mass is 16.2. The Morgan fingerprint density at radius 2 is 2.17 bits per heavy atom. The van der Waals surface area contributed by atoms with Gasteiger partial charge in [-0.15, -0.1) is 0 Å². The van der Waals surface area contributed by atoms with Crippen molar-refractivity contribution in [3.8, 4) is 0 Å². The maximum atomic E-state index is 12.8. The molecule has 0 aromatic heterocycles. The molecule has 1 heterocycles. The van der Waals surface area contributed by atoms with Crippen LogP contribution in [-0.4, -0.2) is 34.8 Å². The number of hydrogen-bond acceptors (Lipinski definition) is 3. The molecule has 0 unspecified atom stereocenters. The third kappa shape index (κ3) is 2.88. The van der Waals surface area contributed by atoms with Crippen molar-refractivity contribution in [2.24, 2.45) is 5.92 Å². The van der Waals surface area contributed by atoms with Crippen LogP contribution in [0.5, 0.6) is 0 Å². The van der Waals surface area contributed by atoms with Crippen LogP contribution in [0.3, 0.4) is 0 Å². The molecule has 3 rings (SSSR count). The number of nitrogens with one attached hydrogen (secondary N) is 2. The maximum absolute atomic E-state index is 12.8. The number of aryl methyl sites for hydroxylation is 1. The summed E-state index contributed by atoms with van der Waals surface area (Å²) >= 11 is 0. The van der Waals surface area contributed by atoms with E-state index in [1.54, 1.807) is 6.07 Å². The van der Waals surface area contributed by atoms with Gasteiger partial charge in [-0.2, -0.15) is 0 Å². The van der Waals surface area contributed by atoms with E-state index in [0.717, 1.165) is 29.7 Å². The van der Waals surface area contributed by atoms with Gasteiger partial charge in [0.1, 0.15) is 12.1 Å². The van der Waals surface area contributed by atoms with Gasteiger partial charge in [0.05, 0.1) is 0 Å². The molecule has 2 fully saturated rings. The van der Waals surface area contributed by atoms with E-state index < -0.39 is 11.6 Å². The van der Waals surface area contributed by atoms with Gasteiger partial charge < -0.3 is 10.6 Å². The number of nitrogens with zero attached hydrogens (tertiary/aromatic N) is 1. The van der Waals surface area contributed by atoms with E-state index in [0.29, 0.717) is 12.1 Å². The van der Waals surface area contributed by atoms with Gasteiger partial charge >= 0.3 is 6.03 Å². The van der Waals surface area contributed by atoms with Crippen LogP contribution in [0.25, 0.3) is 0 Å². The average Bonchev–Trinajstić information content (AvgIpc) is 2.75. The van der Waals surface area contributed by atoms with Gasteiger partial charge in [0.15, 0.2) is 0 Å². The number of hydrogen-bond donors (Lipinski definition) is 2. The van der Waals surface area contributed by atoms with Crippen molar-refractivity contribution >= 4 is 23.5 Å². The predicted octanol–water partition coefficient (Wildman–Crippen LogP) is 2.43. The van der Waals surface area contributed by atoms with Gasteiger partial charge in [0.2, 0.25) is 5.91 Å². The number of carbonyl (C=O) groups is 3. The van der Waals surface area contributed by atoms with E-state index in [9.17, 15) is 14.4 Å². The maximum Gasteiger partial charge on any atom is 0.325 e. The Bertz CT molecular complexity index is 688. The largest absolute Gasteiger partial charge is 0.325 e. The van der Waals surface area contributed by atoms with E-state index in [1.165, 1.54) is 0 Å². The van der Waals surface area contributed by atoms with Gasteiger partial charge in [-0.25, -0.2) is 4.79 Å². The van der Waals surface area contributed by atoms with Gasteiger partial charge in [-0.3, -0.25) is 14.5 Å². The summed E-state index contributed by atoms with van der Waals surface area (Å²) < 4.78 is 0. The first-order valence-corrected chi connectivity index (χ1v) is 8.43. The van der Waals surface area contributed by atoms with Gasteiger partial charge in [-0.1, -0.05) is 31.9 Å². The van der Waals surface area contributed by atoms with E-state index in [4.69, 9.17) is 0 Å². The summed E-state index contributed by atoms with van der Waals surface area (Å²) in [5.41, 5.74) is 0.865. The van der Waals surface area contributed by atoms with E-state index in [-0.39, 0.29) is 24.3 Å². The minimum atomic E-state index is -0.820. The molecule has 1 saturated heterocycles. The van der Waals surface area contributed by atoms with Crippen LogP contribution in [0.2, 0.25) is 0 Å². The Morgan fingerprint density at radius 1 is 1.38 bits per heavy atom. The second kappa shape index (κ2) is 6.26. The summed E-state index contributed by atoms with van der Waals surface area (Å²) in [6.07, 6.45) is 3.55. The molecule has 1 saturated carbocycles. The summed E-state index contributed by atoms with van der Waals surface area (Å²) in [5.74, 6) is -0.545. The fraction of sp³-hybridized carbons (Fsp3) is 0.500. The Kier molecular flexibility index (Phi) is 4.30. The molecular formula is C18H23N3O3. The molecule has 2 N–H and O–H groups in total. The zero-order valence-electron chi connectivity index (χ0n) is 14.1. The average molecular weight is 329 g/mol. The molecule has 0 bridgehead atoms. The van der Waals surface area contributed by atoms with E-state index in [2.05, 4.69) is 10.6 Å². The van der Waals surface area contributed by atoms with E-state index >= 15 is 0 Å². The molecule has 1 aliphatic carbocycles. The lowest BCUT2D eigenvalue weighted by Crippen LogP contribution is -2.54. The second-order valence-electron chi connectivity index (χ2n) is 6.86. The molecule has 2 aliphatic rings. The molecule has 24 heavy (non-hydrogen) atoms. The second-order valence-corrected chi connectivity index (χ2v) is 6.86. The fourth-order valence-corrected chi connectivity index (χ4v) is 3.71. The highest BCUT2D eigenvalue weighted by Gasteiger charge is 2.55. The molecule has 1 aromatic rings. The van der Waals surface area contributed by atoms with Crippen molar-refractivity contribution < 1.29 is 14.4 Å². The van der Waals surface area contributed by atoms with Crippen LogP contribution in [0.1, 0.15) is 38.2 Å². The summed E-state index contributed by atoms with van der Waals surface area (Å²) in [6.45, 7) is 3.67. The van der Waals surface area contributed by atoms with Crippen LogP contribution >= 0.6 is 0 Å². The Morgan fingerprint density at radius 3 is 2.88 bits per heavy atom. The standard InChI is InChI=1S/C18H23N3O3/c1-12-6-5-8-14(10-12)19-15(22)11-21-16(23)18(20-17(21)24)9-4-3-7-13(18)2/h5-6,8,10,13H,3-4,7,9,11H2,1-2H3,(H,19,22)(H,20,24)/t13-,18-/m1/s1. The number of carbonyl (C=O) groups excluding carboxylic acids is 3. The number of benzene rings is 1. The van der Waals surface area contributed by atoms with Crippen molar-refractivity contribution in [3.05, 3.63) is 29.8 Å². The first-order chi connectivity index (χ1) is 11.4. The first-order valence-electron chi connectivity index (χ1n) is 8.43. The summed E-state index contributed by atoms with van der Waals surface area (Å²) in [6, 6.07) is 6.93. The molecule has 2 atom stereocenters. The Balaban J connectivity index is 1.70. The molecule has 6 nitrogen and oxygen atoms in total. The van der Waals surface area contributed by atoms with Crippen molar-refractivity contribution in [2.45, 2.75) is 45.1 Å². The van der Waals surface area contributed by atoms with Crippen LogP contribution in [-0.2, 0) is 9.59 Å². The highest BCUT2D eigenvalue weighted by Crippen LogP contribution is 2.38. The zero-order valence-corrected chi connectivity index (χ0v) is 14.1. The van der Waals surface area contributed by atoms with Gasteiger partial charge in [0.25, 0.3) is 5.91 Å². The molecule has 6 heteroatoms. The van der Waals surface area contributed by atoms with Crippen LogP contribution in [0.4, 0.5) is 10.5 Å². The molecule has 1 aliphatic heterocycles. The number of urea groups is 1. The summed E-state index contributed by atoms with van der Waals surface area (Å²) in [4.78, 5) is 38.4. The van der Waals surface area contributed by atoms with Crippen molar-refractivity contribution in [3.63, 3.8) is 0 Å². The van der Waals surface area contributed by atoms with Crippen LogP contribution < -0.4 is 10.6 Å². The number of anilines is 1. The third-order valence-corrected chi connectivity index (χ3v) is 5.10. The first kappa shape index (κ1) is 16.5. The number of amides is 4. The predicted molar refractivity (Wildman–Crippen MR) is 90.4 cm³/mol. The monoisotopic (exact) mass is 329 g/mol. The van der Waals surface area contributed by atoms with Gasteiger partial charge in [0, 0.05) is 5.69 Å². The number of rotatable bonds is 3. The lowest BCUT2D eigenvalue weighted by atomic mass is 9.73. The molecule has 128 valence electrons.